The predicted molar refractivity (Wildman–Crippen MR) is 66.1 cm³/mol. The minimum absolute atomic E-state index is 0.0561. The molecule has 0 aliphatic rings. The maximum atomic E-state index is 5.88. The van der Waals surface area contributed by atoms with Gasteiger partial charge < -0.3 is 10.6 Å². The van der Waals surface area contributed by atoms with E-state index in [9.17, 15) is 0 Å². The van der Waals surface area contributed by atoms with Gasteiger partial charge in [0.05, 0.1) is 0 Å². The lowest BCUT2D eigenvalue weighted by Crippen LogP contribution is -2.15. The van der Waals surface area contributed by atoms with Gasteiger partial charge in [-0.05, 0) is 27.1 Å². The molecule has 1 heterocycles. The van der Waals surface area contributed by atoms with Crippen molar-refractivity contribution in [3.8, 4) is 0 Å². The number of pyridine rings is 1. The molecule has 0 saturated carbocycles. The largest absolute Gasteiger partial charge is 0.324 e. The lowest BCUT2D eigenvalue weighted by Gasteiger charge is -2.12. The fourth-order valence-electron chi connectivity index (χ4n) is 1.20. The van der Waals surface area contributed by atoms with Crippen LogP contribution in [0, 0.1) is 0 Å². The Balaban J connectivity index is 2.59. The summed E-state index contributed by atoms with van der Waals surface area (Å²) in [4.78, 5) is 6.53. The smallest absolute Gasteiger partial charge is 0.101 e. The molecule has 84 valence electrons. The highest BCUT2D eigenvalue weighted by Gasteiger charge is 2.07. The molecule has 0 aliphatic carbocycles. The fourth-order valence-corrected chi connectivity index (χ4v) is 2.40. The summed E-state index contributed by atoms with van der Waals surface area (Å²) in [5.41, 5.74) is 7.02. The van der Waals surface area contributed by atoms with Crippen LogP contribution >= 0.6 is 11.8 Å². The molecule has 0 aromatic carbocycles. The Hall–Kier alpha value is -0.580. The average molecular weight is 225 g/mol. The molecule has 1 atom stereocenters. The second-order valence-electron chi connectivity index (χ2n) is 3.84. The van der Waals surface area contributed by atoms with Crippen molar-refractivity contribution in [1.29, 1.82) is 0 Å². The summed E-state index contributed by atoms with van der Waals surface area (Å²) in [5, 5.41) is 1.06. The molecule has 0 saturated heterocycles. The number of hydrogen-bond acceptors (Lipinski definition) is 4. The molecule has 0 bridgehead atoms. The van der Waals surface area contributed by atoms with E-state index in [1.54, 1.807) is 11.8 Å². The molecule has 1 rings (SSSR count). The third kappa shape index (κ3) is 4.20. The number of hydrogen-bond donors (Lipinski definition) is 1. The molecule has 4 heteroatoms. The Labute approximate surface area is 96.1 Å². The van der Waals surface area contributed by atoms with Crippen LogP contribution in [0.4, 0.5) is 0 Å². The van der Waals surface area contributed by atoms with E-state index in [2.05, 4.69) is 30.0 Å². The van der Waals surface area contributed by atoms with Gasteiger partial charge in [-0.25, -0.2) is 4.98 Å². The van der Waals surface area contributed by atoms with Gasteiger partial charge in [-0.3, -0.25) is 0 Å². The highest BCUT2D eigenvalue weighted by molar-refractivity contribution is 7.99. The van der Waals surface area contributed by atoms with Crippen LogP contribution in [0.2, 0.25) is 0 Å². The first-order valence-corrected chi connectivity index (χ1v) is 6.08. The molecule has 0 radical (unpaired) electrons. The van der Waals surface area contributed by atoms with Crippen LogP contribution in [-0.2, 0) is 0 Å². The van der Waals surface area contributed by atoms with Crippen molar-refractivity contribution >= 4 is 11.8 Å². The zero-order valence-corrected chi connectivity index (χ0v) is 10.4. The summed E-state index contributed by atoms with van der Waals surface area (Å²) in [6, 6.07) is 4.05. The number of nitrogens with two attached hydrogens (primary N) is 1. The predicted octanol–water partition coefficient (Wildman–Crippen LogP) is 1.76. The van der Waals surface area contributed by atoms with E-state index in [1.165, 1.54) is 0 Å². The Morgan fingerprint density at radius 3 is 2.87 bits per heavy atom. The van der Waals surface area contributed by atoms with Gasteiger partial charge in [0.2, 0.25) is 0 Å². The molecule has 0 aliphatic heterocycles. The zero-order valence-electron chi connectivity index (χ0n) is 9.60. The quantitative estimate of drug-likeness (QED) is 0.775. The number of thioether (sulfide) groups is 1. The van der Waals surface area contributed by atoms with Gasteiger partial charge in [-0.15, -0.1) is 11.8 Å². The number of nitrogens with zero attached hydrogens (tertiary/aromatic N) is 2. The van der Waals surface area contributed by atoms with E-state index in [0.29, 0.717) is 0 Å². The van der Waals surface area contributed by atoms with E-state index >= 15 is 0 Å². The third-order valence-electron chi connectivity index (χ3n) is 2.07. The summed E-state index contributed by atoms with van der Waals surface area (Å²) >= 11 is 1.77. The molecule has 15 heavy (non-hydrogen) atoms. The lowest BCUT2D eigenvalue weighted by molar-refractivity contribution is 0.437. The normalized spacial score (nSPS) is 13.1. The van der Waals surface area contributed by atoms with Gasteiger partial charge in [-0.2, -0.15) is 0 Å². The molecule has 1 aromatic rings. The van der Waals surface area contributed by atoms with Crippen molar-refractivity contribution in [2.24, 2.45) is 5.73 Å². The van der Waals surface area contributed by atoms with Crippen LogP contribution in [0.25, 0.3) is 0 Å². The first kappa shape index (κ1) is 12.5. The second-order valence-corrected chi connectivity index (χ2v) is 4.92. The van der Waals surface area contributed by atoms with Crippen molar-refractivity contribution in [1.82, 2.24) is 9.88 Å². The van der Waals surface area contributed by atoms with Crippen LogP contribution in [-0.4, -0.2) is 36.3 Å². The van der Waals surface area contributed by atoms with E-state index in [0.717, 1.165) is 22.9 Å². The van der Waals surface area contributed by atoms with Crippen molar-refractivity contribution < 1.29 is 0 Å². The zero-order chi connectivity index (χ0) is 11.3. The van der Waals surface area contributed by atoms with Crippen LogP contribution < -0.4 is 5.73 Å². The van der Waals surface area contributed by atoms with Gasteiger partial charge in [0, 0.05) is 30.1 Å². The van der Waals surface area contributed by atoms with Crippen molar-refractivity contribution in [2.75, 3.05) is 26.4 Å². The van der Waals surface area contributed by atoms with Crippen molar-refractivity contribution in [3.05, 3.63) is 23.9 Å². The molecule has 3 nitrogen and oxygen atoms in total. The minimum Gasteiger partial charge on any atom is -0.324 e. The van der Waals surface area contributed by atoms with Gasteiger partial charge in [0.15, 0.2) is 0 Å². The van der Waals surface area contributed by atoms with Gasteiger partial charge in [-0.1, -0.05) is 6.07 Å². The lowest BCUT2D eigenvalue weighted by atomic mass is 10.2. The molecular formula is C11H19N3S. The molecule has 0 spiro atoms. The van der Waals surface area contributed by atoms with Crippen LogP contribution in [0.3, 0.4) is 0 Å². The van der Waals surface area contributed by atoms with Crippen molar-refractivity contribution in [2.45, 2.75) is 18.0 Å². The summed E-state index contributed by atoms with van der Waals surface area (Å²) in [6.07, 6.45) is 1.82. The fraction of sp³-hybridized carbons (Fsp3) is 0.545. The highest BCUT2D eigenvalue weighted by Crippen LogP contribution is 2.23. The first-order valence-electron chi connectivity index (χ1n) is 5.09. The van der Waals surface area contributed by atoms with E-state index in [4.69, 9.17) is 5.73 Å². The molecule has 0 fully saturated rings. The number of aromatic nitrogens is 1. The summed E-state index contributed by atoms with van der Waals surface area (Å²) < 4.78 is 0. The molecular weight excluding hydrogens is 206 g/mol. The summed E-state index contributed by atoms with van der Waals surface area (Å²) in [6.45, 7) is 3.05. The van der Waals surface area contributed by atoms with Crippen molar-refractivity contribution in [3.63, 3.8) is 0 Å². The highest BCUT2D eigenvalue weighted by atomic mass is 32.2. The van der Waals surface area contributed by atoms with Crippen LogP contribution in [0.1, 0.15) is 18.5 Å². The van der Waals surface area contributed by atoms with Crippen LogP contribution in [0.15, 0.2) is 23.4 Å². The molecule has 1 unspecified atom stereocenters. The monoisotopic (exact) mass is 225 g/mol. The van der Waals surface area contributed by atoms with E-state index in [1.807, 2.05) is 19.2 Å². The van der Waals surface area contributed by atoms with Gasteiger partial charge >= 0.3 is 0 Å². The first-order chi connectivity index (χ1) is 7.11. The van der Waals surface area contributed by atoms with Gasteiger partial charge in [0.1, 0.15) is 5.03 Å². The Bertz CT molecular complexity index is 300. The van der Waals surface area contributed by atoms with E-state index < -0.39 is 0 Å². The maximum Gasteiger partial charge on any atom is 0.101 e. The summed E-state index contributed by atoms with van der Waals surface area (Å²) in [5.74, 6) is 1.05. The standard InChI is InChI=1S/C11H19N3S/c1-9(12)10-5-4-6-13-11(10)15-8-7-14(2)3/h4-6,9H,7-8,12H2,1-3H3. The topological polar surface area (TPSA) is 42.1 Å². The Morgan fingerprint density at radius 2 is 2.27 bits per heavy atom. The number of rotatable bonds is 5. The Morgan fingerprint density at radius 1 is 1.53 bits per heavy atom. The molecule has 2 N–H and O–H groups in total. The SMILES string of the molecule is CC(N)c1cccnc1SCCN(C)C. The molecule has 1 aromatic heterocycles. The average Bonchev–Trinajstić information content (AvgIpc) is 2.17. The third-order valence-corrected chi connectivity index (χ3v) is 3.07. The second kappa shape index (κ2) is 6.10. The van der Waals surface area contributed by atoms with E-state index in [-0.39, 0.29) is 6.04 Å². The maximum absolute atomic E-state index is 5.88. The van der Waals surface area contributed by atoms with Crippen LogP contribution in [0.5, 0.6) is 0 Å². The molecule has 0 amide bonds. The summed E-state index contributed by atoms with van der Waals surface area (Å²) in [7, 11) is 4.15. The Kier molecular flexibility index (Phi) is 5.08. The minimum atomic E-state index is 0.0561. The van der Waals surface area contributed by atoms with Gasteiger partial charge in [0.25, 0.3) is 0 Å².